The van der Waals surface area contributed by atoms with Gasteiger partial charge >= 0.3 is 6.55 Å². The average Bonchev–Trinajstić information content (AvgIpc) is 3.29. The van der Waals surface area contributed by atoms with Crippen LogP contribution in [0.4, 0.5) is 38.0 Å². The highest BCUT2D eigenvalue weighted by Crippen LogP contribution is 2.39. The molecule has 2 aromatic rings. The predicted octanol–water partition coefficient (Wildman–Crippen LogP) is 1.42. The van der Waals surface area contributed by atoms with Crippen molar-refractivity contribution in [1.82, 2.24) is 25.4 Å². The minimum Gasteiger partial charge on any atom is -0.378 e. The Morgan fingerprint density at radius 1 is 1.08 bits per heavy atom. The second kappa shape index (κ2) is 10.7. The highest BCUT2D eigenvalue weighted by Gasteiger charge is 2.36. The molecule has 3 aliphatic rings. The smallest absolute Gasteiger partial charge is 0.328 e. The predicted molar refractivity (Wildman–Crippen MR) is 130 cm³/mol. The summed E-state index contributed by atoms with van der Waals surface area (Å²) in [5.74, 6) is 0.442. The second-order valence-corrected chi connectivity index (χ2v) is 8.96. The second-order valence-electron chi connectivity index (χ2n) is 8.96. The van der Waals surface area contributed by atoms with Crippen molar-refractivity contribution in [3.05, 3.63) is 24.3 Å². The van der Waals surface area contributed by atoms with Crippen LogP contribution in [-0.4, -0.2) is 77.5 Å². The first-order valence-corrected chi connectivity index (χ1v) is 12.1. The summed E-state index contributed by atoms with van der Waals surface area (Å²) in [6.07, 6.45) is 3.40. The molecule has 1 aromatic carbocycles. The van der Waals surface area contributed by atoms with Crippen LogP contribution in [0.3, 0.4) is 0 Å². The van der Waals surface area contributed by atoms with E-state index in [0.29, 0.717) is 54.7 Å². The Hall–Kier alpha value is -3.36. The van der Waals surface area contributed by atoms with Gasteiger partial charge in [0.1, 0.15) is 0 Å². The summed E-state index contributed by atoms with van der Waals surface area (Å²) < 4.78 is 33.4. The van der Waals surface area contributed by atoms with E-state index in [2.05, 4.69) is 31.0 Å². The van der Waals surface area contributed by atoms with Crippen molar-refractivity contribution >= 4 is 35.1 Å². The van der Waals surface area contributed by atoms with Crippen LogP contribution in [-0.2, 0) is 9.53 Å². The van der Waals surface area contributed by atoms with Gasteiger partial charge in [0.05, 0.1) is 31.1 Å². The Bertz CT molecular complexity index is 1060. The molecule has 1 aliphatic carbocycles. The number of hydrazine groups is 2. The first-order valence-electron chi connectivity index (χ1n) is 12.1. The van der Waals surface area contributed by atoms with Crippen molar-refractivity contribution in [2.45, 2.75) is 44.3 Å². The molecule has 0 radical (unpaired) electrons. The summed E-state index contributed by atoms with van der Waals surface area (Å²) >= 11 is 0. The van der Waals surface area contributed by atoms with E-state index in [9.17, 15) is 13.6 Å². The minimum absolute atomic E-state index is 0.0866. The molecule has 14 heteroatoms. The number of aromatic nitrogens is 3. The van der Waals surface area contributed by atoms with Crippen molar-refractivity contribution in [3.63, 3.8) is 0 Å². The zero-order valence-corrected chi connectivity index (χ0v) is 19.7. The highest BCUT2D eigenvalue weighted by molar-refractivity contribution is 5.77. The number of ether oxygens (including phenoxy) is 1. The summed E-state index contributed by atoms with van der Waals surface area (Å²) in [5, 5.41) is 8.55. The number of halogens is 2. The molecule has 1 aromatic heterocycles. The summed E-state index contributed by atoms with van der Waals surface area (Å²) in [6, 6.07) is 7.32. The Kier molecular flexibility index (Phi) is 7.25. The number of nitrogens with two attached hydrogens (primary N) is 1. The molecule has 194 valence electrons. The fourth-order valence-corrected chi connectivity index (χ4v) is 4.67. The van der Waals surface area contributed by atoms with Gasteiger partial charge in [0, 0.05) is 25.2 Å². The van der Waals surface area contributed by atoms with Crippen LogP contribution in [0.5, 0.6) is 0 Å². The van der Waals surface area contributed by atoms with Gasteiger partial charge in [-0.05, 0) is 37.8 Å². The fraction of sp³-hybridized carbons (Fsp3) is 0.545. The van der Waals surface area contributed by atoms with Crippen LogP contribution in [0.15, 0.2) is 24.3 Å². The van der Waals surface area contributed by atoms with E-state index in [1.54, 1.807) is 24.3 Å². The van der Waals surface area contributed by atoms with Crippen LogP contribution in [0, 0.1) is 0 Å². The lowest BCUT2D eigenvalue weighted by Crippen LogP contribution is -2.44. The number of fused-ring (bicyclic) bond motifs is 1. The maximum atomic E-state index is 14.0. The van der Waals surface area contributed by atoms with Gasteiger partial charge in [-0.15, -0.1) is 0 Å². The number of carbonyl (C=O) groups is 1. The van der Waals surface area contributed by atoms with Crippen LogP contribution < -0.4 is 31.7 Å². The van der Waals surface area contributed by atoms with Crippen molar-refractivity contribution < 1.29 is 18.3 Å². The SMILES string of the molecule is NC(=O)CN[C@H]1CC[C@H](Nc2nc(N3CCOCC3)nc(N3c4ccccc4NN3C(F)F)n2)CC1. The molecule has 1 amide bonds. The third-order valence-electron chi connectivity index (χ3n) is 6.49. The van der Waals surface area contributed by atoms with Gasteiger partial charge in [-0.25, -0.2) is 5.01 Å². The number of anilines is 5. The van der Waals surface area contributed by atoms with Gasteiger partial charge in [0.15, 0.2) is 0 Å². The summed E-state index contributed by atoms with van der Waals surface area (Å²) in [6.45, 7) is -0.429. The van der Waals surface area contributed by atoms with Gasteiger partial charge in [0.25, 0.3) is 5.95 Å². The zero-order valence-electron chi connectivity index (χ0n) is 19.7. The first-order chi connectivity index (χ1) is 17.5. The molecule has 2 fully saturated rings. The van der Waals surface area contributed by atoms with Crippen molar-refractivity contribution in [2.75, 3.05) is 53.5 Å². The maximum absolute atomic E-state index is 14.0. The number of para-hydroxylation sites is 2. The lowest BCUT2D eigenvalue weighted by atomic mass is 9.91. The Morgan fingerprint density at radius 3 is 2.50 bits per heavy atom. The lowest BCUT2D eigenvalue weighted by Gasteiger charge is -2.31. The molecular weight excluding hydrogens is 474 g/mol. The quantitative estimate of drug-likeness (QED) is 0.389. The Labute approximate surface area is 207 Å². The first kappa shape index (κ1) is 24.3. The third-order valence-corrected chi connectivity index (χ3v) is 6.49. The van der Waals surface area contributed by atoms with Crippen LogP contribution in [0.2, 0.25) is 0 Å². The molecule has 0 bridgehead atoms. The zero-order chi connectivity index (χ0) is 25.1. The molecule has 5 N–H and O–H groups in total. The number of amides is 1. The lowest BCUT2D eigenvalue weighted by molar-refractivity contribution is -0.117. The number of benzene rings is 1. The van der Waals surface area contributed by atoms with Gasteiger partial charge in [-0.3, -0.25) is 10.2 Å². The van der Waals surface area contributed by atoms with E-state index < -0.39 is 6.55 Å². The standard InChI is InChI=1S/C22H30F2N10O2/c23-19(24)34-31-16-3-1-2-4-17(16)33(34)22-29-20(28-21(30-22)32-9-11-36-12-10-32)27-15-7-5-14(6-8-15)26-13-18(25)35/h1-4,14-15,19,26,31H,5-13H2,(H2,25,35)(H,27,28,29,30)/t14-,15-. The molecule has 36 heavy (non-hydrogen) atoms. The molecule has 1 saturated heterocycles. The minimum atomic E-state index is -2.83. The maximum Gasteiger partial charge on any atom is 0.328 e. The third kappa shape index (κ3) is 5.39. The van der Waals surface area contributed by atoms with Crippen LogP contribution in [0.1, 0.15) is 25.7 Å². The van der Waals surface area contributed by atoms with E-state index in [1.165, 1.54) is 5.01 Å². The van der Waals surface area contributed by atoms with Crippen LogP contribution in [0.25, 0.3) is 0 Å². The number of carbonyl (C=O) groups excluding carboxylic acids is 1. The monoisotopic (exact) mass is 504 g/mol. The number of nitrogens with one attached hydrogen (secondary N) is 3. The Balaban J connectivity index is 1.40. The summed E-state index contributed by atoms with van der Waals surface area (Å²) in [4.78, 5) is 26.8. The molecule has 0 spiro atoms. The number of rotatable bonds is 8. The number of hydrogen-bond donors (Lipinski definition) is 4. The molecule has 1 saturated carbocycles. The number of primary amides is 1. The molecule has 3 heterocycles. The van der Waals surface area contributed by atoms with E-state index in [-0.39, 0.29) is 30.5 Å². The van der Waals surface area contributed by atoms with Gasteiger partial charge in [-0.1, -0.05) is 17.3 Å². The highest BCUT2D eigenvalue weighted by atomic mass is 19.3. The van der Waals surface area contributed by atoms with E-state index in [1.807, 2.05) is 4.90 Å². The molecule has 0 unspecified atom stereocenters. The molecule has 5 rings (SSSR count). The molecule has 12 nitrogen and oxygen atoms in total. The largest absolute Gasteiger partial charge is 0.378 e. The van der Waals surface area contributed by atoms with Gasteiger partial charge in [-0.2, -0.15) is 23.7 Å². The van der Waals surface area contributed by atoms with E-state index in [4.69, 9.17) is 10.5 Å². The molecule has 0 atom stereocenters. The van der Waals surface area contributed by atoms with Gasteiger partial charge in [0.2, 0.25) is 17.8 Å². The topological polar surface area (TPSA) is 137 Å². The molecule has 2 aliphatic heterocycles. The number of morpholine rings is 1. The van der Waals surface area contributed by atoms with Crippen molar-refractivity contribution in [2.24, 2.45) is 5.73 Å². The fourth-order valence-electron chi connectivity index (χ4n) is 4.67. The number of hydrogen-bond acceptors (Lipinski definition) is 11. The normalized spacial score (nSPS) is 22.4. The summed E-state index contributed by atoms with van der Waals surface area (Å²) in [7, 11) is 0. The average molecular weight is 505 g/mol. The summed E-state index contributed by atoms with van der Waals surface area (Å²) in [5.41, 5.74) is 9.00. The van der Waals surface area contributed by atoms with E-state index in [0.717, 1.165) is 25.7 Å². The van der Waals surface area contributed by atoms with Crippen molar-refractivity contribution in [3.8, 4) is 0 Å². The molecular formula is C22H30F2N10O2. The van der Waals surface area contributed by atoms with Crippen LogP contribution >= 0.6 is 0 Å². The number of alkyl halides is 2. The van der Waals surface area contributed by atoms with Gasteiger partial charge < -0.3 is 26.0 Å². The Morgan fingerprint density at radius 2 is 1.78 bits per heavy atom. The van der Waals surface area contributed by atoms with Crippen molar-refractivity contribution in [1.29, 1.82) is 0 Å². The van der Waals surface area contributed by atoms with E-state index >= 15 is 0 Å². The number of nitrogens with zero attached hydrogens (tertiary/aromatic N) is 6.